The normalized spacial score (nSPS) is 11.6. The molecule has 0 amide bonds. The molecular formula is C14H14N4. The first-order valence-electron chi connectivity index (χ1n) is 5.73. The van der Waals surface area contributed by atoms with Crippen molar-refractivity contribution in [3.8, 4) is 6.07 Å². The summed E-state index contributed by atoms with van der Waals surface area (Å²) in [6, 6.07) is 11.6. The summed E-state index contributed by atoms with van der Waals surface area (Å²) in [5.41, 5.74) is 1.53. The van der Waals surface area contributed by atoms with Crippen molar-refractivity contribution < 1.29 is 0 Å². The molecule has 0 N–H and O–H groups in total. The van der Waals surface area contributed by atoms with Gasteiger partial charge in [0.1, 0.15) is 11.9 Å². The Morgan fingerprint density at radius 2 is 1.94 bits per heavy atom. The standard InChI is InChI=1S/C14H14N4/c1-11(13-7-3-4-8-16-13)18(2)14-12(10-15)6-5-9-17-14/h3-9,11H,1-2H3/t11-/m1/s1. The second kappa shape index (κ2) is 5.28. The molecule has 0 aliphatic rings. The van der Waals surface area contributed by atoms with Gasteiger partial charge in [-0.1, -0.05) is 6.07 Å². The molecule has 0 bridgehead atoms. The number of hydrogen-bond donors (Lipinski definition) is 0. The van der Waals surface area contributed by atoms with Crippen molar-refractivity contribution in [3.05, 3.63) is 54.0 Å². The molecular weight excluding hydrogens is 224 g/mol. The Labute approximate surface area is 107 Å². The number of pyridine rings is 2. The molecule has 0 saturated carbocycles. The van der Waals surface area contributed by atoms with Crippen LogP contribution in [0.5, 0.6) is 0 Å². The van der Waals surface area contributed by atoms with Crippen molar-refractivity contribution in [3.63, 3.8) is 0 Å². The molecule has 18 heavy (non-hydrogen) atoms. The van der Waals surface area contributed by atoms with E-state index in [0.717, 1.165) is 5.69 Å². The fourth-order valence-electron chi connectivity index (χ4n) is 1.77. The van der Waals surface area contributed by atoms with Gasteiger partial charge in [0, 0.05) is 19.4 Å². The van der Waals surface area contributed by atoms with Gasteiger partial charge in [0.2, 0.25) is 0 Å². The van der Waals surface area contributed by atoms with E-state index in [2.05, 4.69) is 16.0 Å². The van der Waals surface area contributed by atoms with E-state index in [-0.39, 0.29) is 6.04 Å². The summed E-state index contributed by atoms with van der Waals surface area (Å²) in [5.74, 6) is 0.679. The van der Waals surface area contributed by atoms with E-state index in [9.17, 15) is 0 Å². The van der Waals surface area contributed by atoms with Crippen LogP contribution in [0.25, 0.3) is 0 Å². The maximum Gasteiger partial charge on any atom is 0.146 e. The molecule has 0 fully saturated rings. The average molecular weight is 238 g/mol. The lowest BCUT2D eigenvalue weighted by atomic mass is 10.1. The quantitative estimate of drug-likeness (QED) is 0.824. The van der Waals surface area contributed by atoms with Crippen LogP contribution in [0.4, 0.5) is 5.82 Å². The maximum absolute atomic E-state index is 9.09. The number of hydrogen-bond acceptors (Lipinski definition) is 4. The molecule has 4 nitrogen and oxygen atoms in total. The second-order valence-electron chi connectivity index (χ2n) is 4.03. The minimum atomic E-state index is 0.0631. The Bertz CT molecular complexity index is 560. The van der Waals surface area contributed by atoms with Gasteiger partial charge < -0.3 is 4.90 Å². The number of rotatable bonds is 3. The predicted molar refractivity (Wildman–Crippen MR) is 70.0 cm³/mol. The van der Waals surface area contributed by atoms with Crippen LogP contribution in [0.2, 0.25) is 0 Å². The highest BCUT2D eigenvalue weighted by Gasteiger charge is 2.16. The van der Waals surface area contributed by atoms with E-state index in [1.807, 2.05) is 37.1 Å². The minimum absolute atomic E-state index is 0.0631. The zero-order chi connectivity index (χ0) is 13.0. The van der Waals surface area contributed by atoms with Crippen LogP contribution in [-0.4, -0.2) is 17.0 Å². The van der Waals surface area contributed by atoms with Gasteiger partial charge in [-0.05, 0) is 31.2 Å². The molecule has 2 aromatic heterocycles. The highest BCUT2D eigenvalue weighted by atomic mass is 15.2. The van der Waals surface area contributed by atoms with Crippen LogP contribution in [0, 0.1) is 11.3 Å². The van der Waals surface area contributed by atoms with Crippen molar-refractivity contribution in [2.45, 2.75) is 13.0 Å². The summed E-state index contributed by atoms with van der Waals surface area (Å²) in [6.45, 7) is 2.04. The van der Waals surface area contributed by atoms with Gasteiger partial charge in [-0.15, -0.1) is 0 Å². The van der Waals surface area contributed by atoms with Crippen LogP contribution in [0.1, 0.15) is 24.2 Å². The van der Waals surface area contributed by atoms with E-state index in [1.165, 1.54) is 0 Å². The molecule has 0 aliphatic heterocycles. The highest BCUT2D eigenvalue weighted by molar-refractivity contribution is 5.53. The number of nitrogens with zero attached hydrogens (tertiary/aromatic N) is 4. The van der Waals surface area contributed by atoms with Crippen LogP contribution in [-0.2, 0) is 0 Å². The SMILES string of the molecule is C[C@H](c1ccccn1)N(C)c1ncccc1C#N. The molecule has 0 unspecified atom stereocenters. The largest absolute Gasteiger partial charge is 0.350 e. The average Bonchev–Trinajstić information content (AvgIpc) is 2.46. The Kier molecular flexibility index (Phi) is 3.54. The van der Waals surface area contributed by atoms with E-state index in [4.69, 9.17) is 5.26 Å². The van der Waals surface area contributed by atoms with Crippen molar-refractivity contribution >= 4 is 5.82 Å². The zero-order valence-corrected chi connectivity index (χ0v) is 10.4. The first-order chi connectivity index (χ1) is 8.74. The van der Waals surface area contributed by atoms with Crippen LogP contribution < -0.4 is 4.90 Å². The van der Waals surface area contributed by atoms with Crippen molar-refractivity contribution in [1.82, 2.24) is 9.97 Å². The Hall–Kier alpha value is -2.41. The lowest BCUT2D eigenvalue weighted by Gasteiger charge is -2.26. The van der Waals surface area contributed by atoms with Crippen LogP contribution in [0.3, 0.4) is 0 Å². The number of aromatic nitrogens is 2. The third-order valence-electron chi connectivity index (χ3n) is 2.94. The lowest BCUT2D eigenvalue weighted by molar-refractivity contribution is 0.704. The predicted octanol–water partition coefficient (Wildman–Crippen LogP) is 2.55. The van der Waals surface area contributed by atoms with Gasteiger partial charge >= 0.3 is 0 Å². The molecule has 0 aliphatic carbocycles. The van der Waals surface area contributed by atoms with E-state index >= 15 is 0 Å². The zero-order valence-electron chi connectivity index (χ0n) is 10.4. The Morgan fingerprint density at radius 3 is 2.61 bits per heavy atom. The minimum Gasteiger partial charge on any atom is -0.350 e. The topological polar surface area (TPSA) is 52.8 Å². The molecule has 0 aromatic carbocycles. The molecule has 2 heterocycles. The summed E-state index contributed by atoms with van der Waals surface area (Å²) in [4.78, 5) is 10.6. The van der Waals surface area contributed by atoms with Gasteiger partial charge in [0.15, 0.2) is 0 Å². The number of nitriles is 1. The Balaban J connectivity index is 2.32. The van der Waals surface area contributed by atoms with Crippen LogP contribution >= 0.6 is 0 Å². The first-order valence-corrected chi connectivity index (χ1v) is 5.73. The Morgan fingerprint density at radius 1 is 1.17 bits per heavy atom. The maximum atomic E-state index is 9.09. The van der Waals surface area contributed by atoms with Gasteiger partial charge in [0.05, 0.1) is 17.3 Å². The number of anilines is 1. The molecule has 0 spiro atoms. The van der Waals surface area contributed by atoms with Gasteiger partial charge in [-0.3, -0.25) is 4.98 Å². The van der Waals surface area contributed by atoms with Crippen molar-refractivity contribution in [2.75, 3.05) is 11.9 Å². The lowest BCUT2D eigenvalue weighted by Crippen LogP contribution is -2.24. The molecule has 0 saturated heterocycles. The van der Waals surface area contributed by atoms with Gasteiger partial charge in [0.25, 0.3) is 0 Å². The molecule has 90 valence electrons. The fraction of sp³-hybridized carbons (Fsp3) is 0.214. The van der Waals surface area contributed by atoms with Gasteiger partial charge in [-0.2, -0.15) is 5.26 Å². The van der Waals surface area contributed by atoms with Crippen molar-refractivity contribution in [1.29, 1.82) is 5.26 Å². The third-order valence-corrected chi connectivity index (χ3v) is 2.94. The summed E-state index contributed by atoms with van der Waals surface area (Å²) in [5, 5.41) is 9.09. The fourth-order valence-corrected chi connectivity index (χ4v) is 1.77. The van der Waals surface area contributed by atoms with E-state index < -0.39 is 0 Å². The summed E-state index contributed by atoms with van der Waals surface area (Å²) in [7, 11) is 1.92. The first kappa shape index (κ1) is 12.1. The molecule has 0 radical (unpaired) electrons. The smallest absolute Gasteiger partial charge is 0.146 e. The molecule has 2 rings (SSSR count). The summed E-state index contributed by atoms with van der Waals surface area (Å²) < 4.78 is 0. The highest BCUT2D eigenvalue weighted by Crippen LogP contribution is 2.24. The molecule has 4 heteroatoms. The van der Waals surface area contributed by atoms with Gasteiger partial charge in [-0.25, -0.2) is 4.98 Å². The van der Waals surface area contributed by atoms with E-state index in [1.54, 1.807) is 24.5 Å². The van der Waals surface area contributed by atoms with Crippen LogP contribution in [0.15, 0.2) is 42.7 Å². The molecule has 2 aromatic rings. The van der Waals surface area contributed by atoms with E-state index in [0.29, 0.717) is 11.4 Å². The van der Waals surface area contributed by atoms with Crippen molar-refractivity contribution in [2.24, 2.45) is 0 Å². The monoisotopic (exact) mass is 238 g/mol. The third kappa shape index (κ3) is 2.30. The molecule has 1 atom stereocenters. The summed E-state index contributed by atoms with van der Waals surface area (Å²) >= 11 is 0. The summed E-state index contributed by atoms with van der Waals surface area (Å²) in [6.07, 6.45) is 3.46. The second-order valence-corrected chi connectivity index (χ2v) is 4.03.